The largest absolute Gasteiger partial charge is 0.465 e. The van der Waals surface area contributed by atoms with E-state index in [9.17, 15) is 9.59 Å². The van der Waals surface area contributed by atoms with Gasteiger partial charge in [0.2, 0.25) is 0 Å². The first kappa shape index (κ1) is 26.2. The lowest BCUT2D eigenvalue weighted by atomic mass is 9.79. The van der Waals surface area contributed by atoms with E-state index >= 15 is 0 Å². The van der Waals surface area contributed by atoms with Crippen molar-refractivity contribution in [2.24, 2.45) is 29.1 Å². The van der Waals surface area contributed by atoms with Gasteiger partial charge in [-0.15, -0.1) is 0 Å². The quantitative estimate of drug-likeness (QED) is 0.191. The number of ether oxygens (including phenoxy) is 2. The van der Waals surface area contributed by atoms with Crippen molar-refractivity contribution in [2.45, 2.75) is 118 Å². The zero-order chi connectivity index (χ0) is 22.7. The maximum Gasteiger partial charge on any atom is 0.310 e. The molecule has 2 saturated carbocycles. The Bertz CT molecular complexity index is 495. The summed E-state index contributed by atoms with van der Waals surface area (Å²) in [6.45, 7) is 9.85. The topological polar surface area (TPSA) is 52.6 Å². The van der Waals surface area contributed by atoms with E-state index in [-0.39, 0.29) is 41.0 Å². The molecule has 2 aliphatic carbocycles. The van der Waals surface area contributed by atoms with Gasteiger partial charge in [0.15, 0.2) is 0 Å². The second-order valence-corrected chi connectivity index (χ2v) is 10.5. The zero-order valence-corrected chi connectivity index (χ0v) is 20.8. The van der Waals surface area contributed by atoms with Crippen molar-refractivity contribution in [3.63, 3.8) is 0 Å². The van der Waals surface area contributed by atoms with Gasteiger partial charge in [-0.05, 0) is 42.9 Å². The first-order valence-corrected chi connectivity index (χ1v) is 13.3. The van der Waals surface area contributed by atoms with Crippen LogP contribution in [0.1, 0.15) is 118 Å². The van der Waals surface area contributed by atoms with Gasteiger partial charge >= 0.3 is 11.9 Å². The lowest BCUT2D eigenvalue weighted by molar-refractivity contribution is -0.163. The molecule has 0 amide bonds. The fourth-order valence-corrected chi connectivity index (χ4v) is 6.09. The third-order valence-electron chi connectivity index (χ3n) is 7.98. The molecule has 4 unspecified atom stereocenters. The monoisotopic (exact) mass is 436 g/mol. The summed E-state index contributed by atoms with van der Waals surface area (Å²) in [6.07, 6.45) is 16.1. The van der Waals surface area contributed by atoms with Crippen LogP contribution in [-0.2, 0) is 19.1 Å². The highest BCUT2D eigenvalue weighted by Crippen LogP contribution is 2.63. The number of hydrogen-bond donors (Lipinski definition) is 0. The smallest absolute Gasteiger partial charge is 0.310 e. The lowest BCUT2D eigenvalue weighted by Gasteiger charge is -2.27. The summed E-state index contributed by atoms with van der Waals surface area (Å²) in [4.78, 5) is 26.0. The highest BCUT2D eigenvalue weighted by Gasteiger charge is 2.64. The number of esters is 2. The van der Waals surface area contributed by atoms with Crippen LogP contribution in [0.4, 0.5) is 0 Å². The Kier molecular flexibility index (Phi) is 11.4. The summed E-state index contributed by atoms with van der Waals surface area (Å²) in [6, 6.07) is 0. The molecule has 0 spiro atoms. The van der Waals surface area contributed by atoms with Gasteiger partial charge in [0.05, 0.1) is 25.0 Å². The van der Waals surface area contributed by atoms with Crippen molar-refractivity contribution in [3.8, 4) is 0 Å². The number of carbonyl (C=O) groups is 2. The van der Waals surface area contributed by atoms with Gasteiger partial charge in [-0.1, -0.05) is 91.9 Å². The van der Waals surface area contributed by atoms with Crippen molar-refractivity contribution in [3.05, 3.63) is 0 Å². The summed E-state index contributed by atoms with van der Waals surface area (Å²) in [5.74, 6) is -0.468. The van der Waals surface area contributed by atoms with Crippen molar-refractivity contribution in [1.29, 1.82) is 0 Å². The van der Waals surface area contributed by atoms with Crippen molar-refractivity contribution in [1.82, 2.24) is 0 Å². The molecule has 2 aliphatic rings. The first-order valence-electron chi connectivity index (χ1n) is 13.3. The fraction of sp³-hybridized carbons (Fsp3) is 0.926. The fourth-order valence-electron chi connectivity index (χ4n) is 6.09. The molecule has 4 atom stereocenters. The van der Waals surface area contributed by atoms with E-state index in [2.05, 4.69) is 27.7 Å². The van der Waals surface area contributed by atoms with Gasteiger partial charge in [0.1, 0.15) is 0 Å². The van der Waals surface area contributed by atoms with Crippen LogP contribution in [-0.4, -0.2) is 25.2 Å². The maximum absolute atomic E-state index is 13.0. The molecule has 0 N–H and O–H groups in total. The highest BCUT2D eigenvalue weighted by molar-refractivity contribution is 5.84. The standard InChI is InChI=1S/C27H48O4/c1-5-7-9-11-13-15-19-30-25(28)23-21-17-18-22(27(21,3)4)24(23)26(29)31-20-16-14-12-10-8-6-2/h21-24H,5-20H2,1-4H3. The van der Waals surface area contributed by atoms with Gasteiger partial charge in [-0.25, -0.2) is 0 Å². The van der Waals surface area contributed by atoms with E-state index in [1.165, 1.54) is 51.4 Å². The summed E-state index contributed by atoms with van der Waals surface area (Å²) in [7, 11) is 0. The molecule has 2 rings (SSSR count). The molecule has 0 aromatic carbocycles. The SMILES string of the molecule is CCCCCCCCOC(=O)C1C(C(=O)OCCCCCCCC)C2CCC1C2(C)C. The molecule has 0 heterocycles. The third kappa shape index (κ3) is 7.22. The first-order chi connectivity index (χ1) is 14.9. The zero-order valence-electron chi connectivity index (χ0n) is 20.8. The molecule has 4 nitrogen and oxygen atoms in total. The number of fused-ring (bicyclic) bond motifs is 2. The summed E-state index contributed by atoms with van der Waals surface area (Å²) in [5.41, 5.74) is 0.00762. The molecule has 2 bridgehead atoms. The predicted molar refractivity (Wildman–Crippen MR) is 126 cm³/mol. The Morgan fingerprint density at radius 3 is 1.39 bits per heavy atom. The Morgan fingerprint density at radius 2 is 1.00 bits per heavy atom. The molecule has 0 aliphatic heterocycles. The predicted octanol–water partition coefficient (Wildman–Crippen LogP) is 7.09. The van der Waals surface area contributed by atoms with Gasteiger partial charge in [-0.3, -0.25) is 9.59 Å². The molecule has 0 aromatic rings. The minimum absolute atomic E-state index is 0.00762. The van der Waals surface area contributed by atoms with Crippen LogP contribution in [0.5, 0.6) is 0 Å². The lowest BCUT2D eigenvalue weighted by Crippen LogP contribution is -2.37. The number of carbonyl (C=O) groups excluding carboxylic acids is 2. The van der Waals surface area contributed by atoms with E-state index in [1.54, 1.807) is 0 Å². The Morgan fingerprint density at radius 1 is 0.645 bits per heavy atom. The van der Waals surface area contributed by atoms with Crippen molar-refractivity contribution in [2.75, 3.05) is 13.2 Å². The van der Waals surface area contributed by atoms with E-state index in [0.717, 1.165) is 38.5 Å². The summed E-state index contributed by atoms with van der Waals surface area (Å²) in [5, 5.41) is 0. The van der Waals surface area contributed by atoms with Gasteiger partial charge in [0.25, 0.3) is 0 Å². The molecule has 0 radical (unpaired) electrons. The van der Waals surface area contributed by atoms with E-state index < -0.39 is 0 Å². The molecule has 0 aromatic heterocycles. The maximum atomic E-state index is 13.0. The molecule has 31 heavy (non-hydrogen) atoms. The Hall–Kier alpha value is -1.06. The van der Waals surface area contributed by atoms with Crippen LogP contribution < -0.4 is 0 Å². The van der Waals surface area contributed by atoms with Gasteiger partial charge in [-0.2, -0.15) is 0 Å². The second-order valence-electron chi connectivity index (χ2n) is 10.5. The van der Waals surface area contributed by atoms with Crippen LogP contribution in [0.2, 0.25) is 0 Å². The van der Waals surface area contributed by atoms with E-state index in [0.29, 0.717) is 13.2 Å². The minimum atomic E-state index is -0.314. The molecular weight excluding hydrogens is 388 g/mol. The Balaban J connectivity index is 1.81. The van der Waals surface area contributed by atoms with Crippen LogP contribution in [0, 0.1) is 29.1 Å². The van der Waals surface area contributed by atoms with Crippen LogP contribution in [0.15, 0.2) is 0 Å². The molecule has 2 fully saturated rings. The van der Waals surface area contributed by atoms with Gasteiger partial charge < -0.3 is 9.47 Å². The van der Waals surface area contributed by atoms with E-state index in [1.807, 2.05) is 0 Å². The Labute approximate surface area is 191 Å². The van der Waals surface area contributed by atoms with Crippen LogP contribution >= 0.6 is 0 Å². The highest BCUT2D eigenvalue weighted by atomic mass is 16.5. The average molecular weight is 437 g/mol. The van der Waals surface area contributed by atoms with Crippen molar-refractivity contribution < 1.29 is 19.1 Å². The summed E-state index contributed by atoms with van der Waals surface area (Å²) >= 11 is 0. The molecule has 4 heteroatoms. The molecule has 0 saturated heterocycles. The van der Waals surface area contributed by atoms with Gasteiger partial charge in [0, 0.05) is 0 Å². The number of unbranched alkanes of at least 4 members (excludes halogenated alkanes) is 10. The van der Waals surface area contributed by atoms with Crippen LogP contribution in [0.3, 0.4) is 0 Å². The number of hydrogen-bond acceptors (Lipinski definition) is 4. The average Bonchev–Trinajstić information content (AvgIpc) is 3.17. The second kappa shape index (κ2) is 13.5. The van der Waals surface area contributed by atoms with E-state index in [4.69, 9.17) is 9.47 Å². The third-order valence-corrected chi connectivity index (χ3v) is 7.98. The number of rotatable bonds is 16. The van der Waals surface area contributed by atoms with Crippen LogP contribution in [0.25, 0.3) is 0 Å². The normalized spacial score (nSPS) is 26.2. The molecule has 180 valence electrons. The molecular formula is C27H48O4. The minimum Gasteiger partial charge on any atom is -0.465 e. The van der Waals surface area contributed by atoms with Crippen molar-refractivity contribution >= 4 is 11.9 Å². The summed E-state index contributed by atoms with van der Waals surface area (Å²) < 4.78 is 11.4.